The lowest BCUT2D eigenvalue weighted by molar-refractivity contribution is -0.141. The Balaban J connectivity index is 3.18. The summed E-state index contributed by atoms with van der Waals surface area (Å²) in [4.78, 5) is 27.1. The van der Waals surface area contributed by atoms with E-state index in [1.165, 1.54) is 0 Å². The number of halogens is 4. The van der Waals surface area contributed by atoms with Crippen molar-refractivity contribution >= 4 is 17.6 Å². The van der Waals surface area contributed by atoms with Crippen molar-refractivity contribution in [1.29, 1.82) is 0 Å². The Morgan fingerprint density at radius 3 is 2.56 bits per heavy atom. The summed E-state index contributed by atoms with van der Waals surface area (Å²) in [5.74, 6) is -1.34. The fraction of sp³-hybridized carbons (Fsp3) is 0.143. The van der Waals surface area contributed by atoms with Crippen LogP contribution in [0.2, 0.25) is 5.15 Å². The molecule has 0 fully saturated rings. The third-order valence-corrected chi connectivity index (χ3v) is 1.63. The van der Waals surface area contributed by atoms with Crippen LogP contribution in [0.25, 0.3) is 0 Å². The predicted molar refractivity (Wildman–Crippen MR) is 45.5 cm³/mol. The largest absolute Gasteiger partial charge is 0.433 e. The number of pyridine rings is 1. The van der Waals surface area contributed by atoms with Crippen LogP contribution >= 0.6 is 11.6 Å². The molecule has 0 aromatic carbocycles. The highest BCUT2D eigenvalue weighted by Gasteiger charge is 2.34. The van der Waals surface area contributed by atoms with E-state index in [-0.39, 0.29) is 0 Å². The van der Waals surface area contributed by atoms with Gasteiger partial charge in [-0.25, -0.2) is 9.78 Å². The number of carbonyl (C=O) groups excluding carboxylic acids is 1. The molecule has 0 unspecified atom stereocenters. The van der Waals surface area contributed by atoms with Gasteiger partial charge in [0.1, 0.15) is 10.8 Å². The molecular formula is C7H2ClF3N2O3. The number of hydrogen-bond acceptors (Lipinski definition) is 5. The van der Waals surface area contributed by atoms with E-state index in [9.17, 15) is 22.9 Å². The Hall–Kier alpha value is -1.70. The van der Waals surface area contributed by atoms with Crippen LogP contribution < -0.4 is 0 Å². The maximum atomic E-state index is 12.2. The van der Waals surface area contributed by atoms with E-state index in [0.29, 0.717) is 6.07 Å². The van der Waals surface area contributed by atoms with Gasteiger partial charge in [0.2, 0.25) is 0 Å². The number of carbonyl (C=O) groups is 1. The summed E-state index contributed by atoms with van der Waals surface area (Å²) in [6.45, 7) is 0. The van der Waals surface area contributed by atoms with Gasteiger partial charge in [0.05, 0.1) is 5.56 Å². The standard InChI is InChI=1S/C7H2ClF3N2O3/c8-5-2-3(6(14)16-13-15)1-4(12-5)7(9,10)11/h1-2H. The molecule has 0 bridgehead atoms. The zero-order valence-corrected chi connectivity index (χ0v) is 8.04. The highest BCUT2D eigenvalue weighted by atomic mass is 35.5. The normalized spacial score (nSPS) is 11.0. The first kappa shape index (κ1) is 12.4. The number of rotatable bonds is 2. The second-order valence-electron chi connectivity index (χ2n) is 2.51. The molecule has 0 saturated carbocycles. The van der Waals surface area contributed by atoms with Crippen LogP contribution in [0.5, 0.6) is 0 Å². The quantitative estimate of drug-likeness (QED) is 0.462. The molecule has 9 heteroatoms. The lowest BCUT2D eigenvalue weighted by Gasteiger charge is -2.06. The van der Waals surface area contributed by atoms with Gasteiger partial charge in [0, 0.05) is 0 Å². The van der Waals surface area contributed by atoms with Gasteiger partial charge in [-0.3, -0.25) is 4.84 Å². The zero-order valence-electron chi connectivity index (χ0n) is 7.29. The maximum absolute atomic E-state index is 12.2. The van der Waals surface area contributed by atoms with Crippen LogP contribution in [0.3, 0.4) is 0 Å². The lowest BCUT2D eigenvalue weighted by Crippen LogP contribution is -2.11. The summed E-state index contributed by atoms with van der Waals surface area (Å²) in [7, 11) is 0. The Morgan fingerprint density at radius 1 is 1.44 bits per heavy atom. The first-order chi connectivity index (χ1) is 7.34. The van der Waals surface area contributed by atoms with Crippen molar-refractivity contribution in [2.24, 2.45) is 5.34 Å². The van der Waals surface area contributed by atoms with Gasteiger partial charge >= 0.3 is 12.1 Å². The van der Waals surface area contributed by atoms with E-state index in [0.717, 1.165) is 6.07 Å². The number of aromatic nitrogens is 1. The molecule has 1 rings (SSSR count). The number of hydrogen-bond donors (Lipinski definition) is 0. The fourth-order valence-corrected chi connectivity index (χ4v) is 1.06. The van der Waals surface area contributed by atoms with Gasteiger partial charge in [-0.2, -0.15) is 13.2 Å². The number of nitrogens with zero attached hydrogens (tertiary/aromatic N) is 2. The smallest absolute Gasteiger partial charge is 0.279 e. The van der Waals surface area contributed by atoms with Crippen molar-refractivity contribution in [1.82, 2.24) is 4.98 Å². The third kappa shape index (κ3) is 2.89. The van der Waals surface area contributed by atoms with Crippen LogP contribution in [-0.4, -0.2) is 11.0 Å². The van der Waals surface area contributed by atoms with E-state index in [4.69, 9.17) is 11.6 Å². The molecule has 0 spiro atoms. The van der Waals surface area contributed by atoms with Gasteiger partial charge in [0.25, 0.3) is 0 Å². The average molecular weight is 255 g/mol. The van der Waals surface area contributed by atoms with E-state index in [1.54, 1.807) is 5.34 Å². The summed E-state index contributed by atoms with van der Waals surface area (Å²) < 4.78 is 36.7. The Labute approximate surface area is 91.1 Å². The van der Waals surface area contributed by atoms with Gasteiger partial charge in [0.15, 0.2) is 5.34 Å². The Morgan fingerprint density at radius 2 is 2.06 bits per heavy atom. The minimum Gasteiger partial charge on any atom is -0.279 e. The molecule has 1 aromatic heterocycles. The second-order valence-corrected chi connectivity index (χ2v) is 2.90. The molecule has 0 aliphatic heterocycles. The fourth-order valence-electron chi connectivity index (χ4n) is 0.847. The van der Waals surface area contributed by atoms with Crippen LogP contribution in [-0.2, 0) is 11.0 Å². The molecule has 1 heterocycles. The monoisotopic (exact) mass is 254 g/mol. The molecule has 0 aliphatic rings. The first-order valence-electron chi connectivity index (χ1n) is 3.63. The second kappa shape index (κ2) is 4.44. The van der Waals surface area contributed by atoms with Gasteiger partial charge in [-0.15, -0.1) is 4.91 Å². The van der Waals surface area contributed by atoms with Crippen molar-refractivity contribution in [3.05, 3.63) is 33.5 Å². The molecular weight excluding hydrogens is 253 g/mol. The zero-order chi connectivity index (χ0) is 12.3. The SMILES string of the molecule is O=NOC(=O)c1cc(Cl)nc(C(F)(F)F)c1. The van der Waals surface area contributed by atoms with Crippen LogP contribution in [0.15, 0.2) is 17.5 Å². The average Bonchev–Trinajstić information content (AvgIpc) is 2.16. The third-order valence-electron chi connectivity index (χ3n) is 1.44. The minimum absolute atomic E-state index is 0.402. The maximum Gasteiger partial charge on any atom is 0.433 e. The van der Waals surface area contributed by atoms with Crippen molar-refractivity contribution in [3.8, 4) is 0 Å². The van der Waals surface area contributed by atoms with Crippen LogP contribution in [0.4, 0.5) is 13.2 Å². The topological polar surface area (TPSA) is 68.6 Å². The first-order valence-corrected chi connectivity index (χ1v) is 4.01. The molecule has 0 radical (unpaired) electrons. The minimum atomic E-state index is -4.76. The van der Waals surface area contributed by atoms with E-state index in [2.05, 4.69) is 9.82 Å². The molecule has 16 heavy (non-hydrogen) atoms. The highest BCUT2D eigenvalue weighted by Crippen LogP contribution is 2.29. The lowest BCUT2D eigenvalue weighted by atomic mass is 10.2. The molecule has 5 nitrogen and oxygen atoms in total. The summed E-state index contributed by atoms with van der Waals surface area (Å²) in [5, 5.41) is 1.24. The van der Waals surface area contributed by atoms with E-state index < -0.39 is 28.6 Å². The van der Waals surface area contributed by atoms with Crippen LogP contribution in [0, 0.1) is 4.91 Å². The van der Waals surface area contributed by atoms with Gasteiger partial charge < -0.3 is 0 Å². The van der Waals surface area contributed by atoms with Gasteiger partial charge in [-0.05, 0) is 12.1 Å². The molecule has 0 N–H and O–H groups in total. The molecule has 1 aromatic rings. The van der Waals surface area contributed by atoms with Gasteiger partial charge in [-0.1, -0.05) is 11.6 Å². The highest BCUT2D eigenvalue weighted by molar-refractivity contribution is 6.29. The van der Waals surface area contributed by atoms with E-state index in [1.807, 2.05) is 0 Å². The Bertz CT molecular complexity index is 435. The Kier molecular flexibility index (Phi) is 3.43. The molecule has 0 saturated heterocycles. The molecule has 0 atom stereocenters. The van der Waals surface area contributed by atoms with Crippen molar-refractivity contribution in [2.45, 2.75) is 6.18 Å². The summed E-state index contributed by atoms with van der Waals surface area (Å²) >= 11 is 5.27. The van der Waals surface area contributed by atoms with Crippen molar-refractivity contribution in [3.63, 3.8) is 0 Å². The van der Waals surface area contributed by atoms with Crippen LogP contribution in [0.1, 0.15) is 16.1 Å². The molecule has 86 valence electrons. The number of alkyl halides is 3. The predicted octanol–water partition coefficient (Wildman–Crippen LogP) is 2.59. The van der Waals surface area contributed by atoms with Crippen molar-refractivity contribution in [2.75, 3.05) is 0 Å². The van der Waals surface area contributed by atoms with Crippen molar-refractivity contribution < 1.29 is 22.8 Å². The molecule has 0 amide bonds. The summed E-state index contributed by atoms with van der Waals surface area (Å²) in [5.41, 5.74) is -1.93. The summed E-state index contributed by atoms with van der Waals surface area (Å²) in [6.07, 6.45) is -4.76. The molecule has 0 aliphatic carbocycles. The van der Waals surface area contributed by atoms with E-state index >= 15 is 0 Å². The summed E-state index contributed by atoms with van der Waals surface area (Å²) in [6, 6.07) is 1.23.